The van der Waals surface area contributed by atoms with E-state index in [0.717, 1.165) is 31.8 Å². The van der Waals surface area contributed by atoms with Crippen molar-refractivity contribution in [2.24, 2.45) is 11.8 Å². The zero-order valence-corrected chi connectivity index (χ0v) is 22.4. The van der Waals surface area contributed by atoms with E-state index >= 15 is 0 Å². The molecule has 1 aromatic carbocycles. The molecule has 0 spiro atoms. The minimum atomic E-state index is -0.812. The molecule has 11 heteroatoms. The number of ether oxygens (including phenoxy) is 5. The van der Waals surface area contributed by atoms with Crippen molar-refractivity contribution >= 4 is 24.1 Å². The molecule has 39 heavy (non-hydrogen) atoms. The number of nitrogens with one attached hydrogen (secondary N) is 2. The van der Waals surface area contributed by atoms with E-state index in [9.17, 15) is 19.2 Å². The lowest BCUT2D eigenvalue weighted by Gasteiger charge is -2.29. The fourth-order valence-corrected chi connectivity index (χ4v) is 3.92. The number of esters is 2. The molecule has 0 radical (unpaired) electrons. The van der Waals surface area contributed by atoms with Crippen LogP contribution in [0.15, 0.2) is 55.1 Å². The van der Waals surface area contributed by atoms with Crippen molar-refractivity contribution in [2.45, 2.75) is 38.7 Å². The van der Waals surface area contributed by atoms with Gasteiger partial charge in [-0.25, -0.2) is 19.2 Å². The molecule has 0 heterocycles. The summed E-state index contributed by atoms with van der Waals surface area (Å²) in [7, 11) is 0. The molecule has 2 rings (SSSR count). The number of alkyl carbamates (subject to hydrolysis) is 2. The van der Waals surface area contributed by atoms with Crippen LogP contribution in [0.25, 0.3) is 0 Å². The minimum Gasteiger partial charge on any atom is -0.490 e. The standard InChI is InChI=1S/C28H38N2O9/c1-4-25(31)38-19-24(18-37-23-11-6-5-7-12-23)39-28(34)30-17-22-10-8-9-21(15-22)16-29-27(33)36-14-13-35-26(32)20(2)3/h4-7,11-12,21-22,24H,1-2,8-10,13-19H2,3H3,(H,29,33)(H,30,34). The zero-order valence-electron chi connectivity index (χ0n) is 22.4. The Kier molecular flexibility index (Phi) is 14.0. The van der Waals surface area contributed by atoms with Gasteiger partial charge in [0.15, 0.2) is 6.10 Å². The van der Waals surface area contributed by atoms with Crippen LogP contribution in [-0.4, -0.2) is 69.7 Å². The lowest BCUT2D eigenvalue weighted by Crippen LogP contribution is -2.39. The molecule has 1 saturated carbocycles. The molecule has 214 valence electrons. The van der Waals surface area contributed by atoms with Crippen LogP contribution >= 0.6 is 0 Å². The fourth-order valence-electron chi connectivity index (χ4n) is 3.92. The maximum Gasteiger partial charge on any atom is 0.407 e. The highest BCUT2D eigenvalue weighted by atomic mass is 16.6. The molecule has 3 atom stereocenters. The molecular formula is C28H38N2O9. The van der Waals surface area contributed by atoms with Crippen molar-refractivity contribution in [3.05, 3.63) is 55.1 Å². The zero-order chi connectivity index (χ0) is 28.5. The van der Waals surface area contributed by atoms with Gasteiger partial charge in [-0.2, -0.15) is 0 Å². The average Bonchev–Trinajstić information content (AvgIpc) is 2.94. The third kappa shape index (κ3) is 13.4. The summed E-state index contributed by atoms with van der Waals surface area (Å²) in [6, 6.07) is 9.02. The van der Waals surface area contributed by atoms with Crippen LogP contribution in [0.3, 0.4) is 0 Å². The number of hydrogen-bond donors (Lipinski definition) is 2. The molecule has 1 aliphatic rings. The monoisotopic (exact) mass is 546 g/mol. The van der Waals surface area contributed by atoms with Gasteiger partial charge in [-0.05, 0) is 50.2 Å². The third-order valence-corrected chi connectivity index (χ3v) is 5.89. The van der Waals surface area contributed by atoms with Gasteiger partial charge in [0.05, 0.1) is 0 Å². The summed E-state index contributed by atoms with van der Waals surface area (Å²) >= 11 is 0. The molecule has 1 aromatic rings. The first-order valence-corrected chi connectivity index (χ1v) is 12.9. The van der Waals surface area contributed by atoms with Crippen LogP contribution in [0, 0.1) is 11.8 Å². The molecule has 2 amide bonds. The molecule has 11 nitrogen and oxygen atoms in total. The summed E-state index contributed by atoms with van der Waals surface area (Å²) in [5.74, 6) is -0.106. The predicted octanol–water partition coefficient (Wildman–Crippen LogP) is 3.54. The van der Waals surface area contributed by atoms with E-state index in [-0.39, 0.29) is 43.8 Å². The van der Waals surface area contributed by atoms with Crippen molar-refractivity contribution in [3.63, 3.8) is 0 Å². The molecule has 3 unspecified atom stereocenters. The quantitative estimate of drug-likeness (QED) is 0.146. The first kappa shape index (κ1) is 31.2. The van der Waals surface area contributed by atoms with Gasteiger partial charge in [0, 0.05) is 24.7 Å². The second-order valence-corrected chi connectivity index (χ2v) is 9.20. The van der Waals surface area contributed by atoms with Crippen LogP contribution in [0.5, 0.6) is 5.75 Å². The van der Waals surface area contributed by atoms with E-state index in [1.807, 2.05) is 18.2 Å². The van der Waals surface area contributed by atoms with Crippen molar-refractivity contribution in [1.82, 2.24) is 10.6 Å². The van der Waals surface area contributed by atoms with E-state index in [4.69, 9.17) is 23.7 Å². The molecule has 0 aromatic heterocycles. The van der Waals surface area contributed by atoms with Gasteiger partial charge in [0.25, 0.3) is 0 Å². The second-order valence-electron chi connectivity index (χ2n) is 9.20. The number of amides is 2. The highest BCUT2D eigenvalue weighted by Crippen LogP contribution is 2.28. The SMILES string of the molecule is C=CC(=O)OCC(COc1ccccc1)OC(=O)NCC1CCCC(CNC(=O)OCCOC(=O)C(=C)C)C1. The number of benzene rings is 1. The average molecular weight is 547 g/mol. The van der Waals surface area contributed by atoms with E-state index in [0.29, 0.717) is 18.8 Å². The normalized spacial score (nSPS) is 17.1. The molecule has 2 N–H and O–H groups in total. The summed E-state index contributed by atoms with van der Waals surface area (Å²) in [4.78, 5) is 47.1. The van der Waals surface area contributed by atoms with Crippen molar-refractivity contribution in [3.8, 4) is 5.75 Å². The van der Waals surface area contributed by atoms with Crippen molar-refractivity contribution in [2.75, 3.05) is 39.5 Å². The summed E-state index contributed by atoms with van der Waals surface area (Å²) in [5.41, 5.74) is 0.278. The van der Waals surface area contributed by atoms with E-state index in [1.54, 1.807) is 12.1 Å². The van der Waals surface area contributed by atoms with Crippen molar-refractivity contribution < 1.29 is 42.9 Å². The van der Waals surface area contributed by atoms with Crippen LogP contribution in [0.4, 0.5) is 9.59 Å². The molecular weight excluding hydrogens is 508 g/mol. The highest BCUT2D eigenvalue weighted by Gasteiger charge is 2.24. The third-order valence-electron chi connectivity index (χ3n) is 5.89. The molecule has 1 aliphatic carbocycles. The maximum atomic E-state index is 12.5. The maximum absolute atomic E-state index is 12.5. The van der Waals surface area contributed by atoms with Gasteiger partial charge in [0.1, 0.15) is 32.2 Å². The number of carbonyl (C=O) groups is 4. The van der Waals surface area contributed by atoms with Gasteiger partial charge in [-0.3, -0.25) is 0 Å². The molecule has 0 aliphatic heterocycles. The van der Waals surface area contributed by atoms with Gasteiger partial charge in [-0.15, -0.1) is 0 Å². The minimum absolute atomic E-state index is 0.00541. The highest BCUT2D eigenvalue weighted by molar-refractivity contribution is 5.86. The lowest BCUT2D eigenvalue weighted by molar-refractivity contribution is -0.141. The topological polar surface area (TPSA) is 138 Å². The molecule has 1 fully saturated rings. The van der Waals surface area contributed by atoms with Crippen molar-refractivity contribution in [1.29, 1.82) is 0 Å². The Bertz CT molecular complexity index is 967. The first-order valence-electron chi connectivity index (χ1n) is 12.9. The Morgan fingerprint density at radius 2 is 1.59 bits per heavy atom. The van der Waals surface area contributed by atoms with Gasteiger partial charge in [-0.1, -0.05) is 37.8 Å². The number of rotatable bonds is 15. The van der Waals surface area contributed by atoms with Gasteiger partial charge in [0.2, 0.25) is 0 Å². The van der Waals surface area contributed by atoms with Crippen LogP contribution in [0.2, 0.25) is 0 Å². The number of carbonyl (C=O) groups excluding carboxylic acids is 4. The second kappa shape index (κ2) is 17.5. The summed E-state index contributed by atoms with van der Waals surface area (Å²) in [6.07, 6.45) is 2.67. The number of hydrogen-bond acceptors (Lipinski definition) is 9. The van der Waals surface area contributed by atoms with E-state index < -0.39 is 30.2 Å². The van der Waals surface area contributed by atoms with Crippen LogP contribution in [0.1, 0.15) is 32.6 Å². The van der Waals surface area contributed by atoms with Crippen LogP contribution in [-0.2, 0) is 28.5 Å². The van der Waals surface area contributed by atoms with Crippen LogP contribution < -0.4 is 15.4 Å². The lowest BCUT2D eigenvalue weighted by atomic mass is 9.81. The fraction of sp³-hybridized carbons (Fsp3) is 0.500. The van der Waals surface area contributed by atoms with Gasteiger partial charge >= 0.3 is 24.1 Å². The molecule has 0 saturated heterocycles. The van der Waals surface area contributed by atoms with E-state index in [1.165, 1.54) is 6.92 Å². The Morgan fingerprint density at radius 1 is 0.949 bits per heavy atom. The summed E-state index contributed by atoms with van der Waals surface area (Å²) < 4.78 is 26.0. The smallest absolute Gasteiger partial charge is 0.407 e. The Morgan fingerprint density at radius 3 is 2.23 bits per heavy atom. The summed E-state index contributed by atoms with van der Waals surface area (Å²) in [5, 5.41) is 5.52. The summed E-state index contributed by atoms with van der Waals surface area (Å²) in [6.45, 7) is 8.97. The van der Waals surface area contributed by atoms with Gasteiger partial charge < -0.3 is 34.3 Å². The Labute approximate surface area is 228 Å². The number of para-hydroxylation sites is 1. The predicted molar refractivity (Wildman–Crippen MR) is 142 cm³/mol. The Hall–Kier alpha value is -4.02. The van der Waals surface area contributed by atoms with E-state index in [2.05, 4.69) is 23.8 Å². The Balaban J connectivity index is 1.69. The first-order chi connectivity index (χ1) is 18.8. The largest absolute Gasteiger partial charge is 0.490 e. The molecule has 0 bridgehead atoms.